The van der Waals surface area contributed by atoms with Crippen molar-refractivity contribution in [2.75, 3.05) is 0 Å². The van der Waals surface area contributed by atoms with Crippen molar-refractivity contribution >= 4 is 11.9 Å². The molecule has 0 heterocycles. The van der Waals surface area contributed by atoms with E-state index in [1.165, 1.54) is 0 Å². The van der Waals surface area contributed by atoms with Crippen LogP contribution in [0.5, 0.6) is 0 Å². The molecule has 0 spiro atoms. The van der Waals surface area contributed by atoms with Crippen molar-refractivity contribution in [3.8, 4) is 0 Å². The van der Waals surface area contributed by atoms with Crippen LogP contribution in [0.1, 0.15) is 20.3 Å². The van der Waals surface area contributed by atoms with Crippen molar-refractivity contribution in [2.24, 2.45) is 23.2 Å². The van der Waals surface area contributed by atoms with Gasteiger partial charge in [-0.25, -0.2) is 0 Å². The van der Waals surface area contributed by atoms with E-state index in [0.717, 1.165) is 0 Å². The monoisotopic (exact) mass is 212 g/mol. The summed E-state index contributed by atoms with van der Waals surface area (Å²) in [5.41, 5.74) is -0.319. The molecule has 84 valence electrons. The van der Waals surface area contributed by atoms with Crippen molar-refractivity contribution in [3.05, 3.63) is 12.7 Å². The average Bonchev–Trinajstić information content (AvgIpc) is 2.64. The number of hydrogen-bond acceptors (Lipinski definition) is 2. The second-order valence-corrected chi connectivity index (χ2v) is 4.66. The molecule has 0 bridgehead atoms. The Morgan fingerprint density at radius 3 is 2.27 bits per heavy atom. The summed E-state index contributed by atoms with van der Waals surface area (Å²) in [6.07, 6.45) is 1.52. The van der Waals surface area contributed by atoms with Gasteiger partial charge in [0.1, 0.15) is 0 Å². The number of carboxylic acids is 2. The predicted octanol–water partition coefficient (Wildman–Crippen LogP) is 1.62. The largest absolute Gasteiger partial charge is 0.481 e. The number of rotatable bonds is 5. The van der Waals surface area contributed by atoms with Crippen LogP contribution in [0.3, 0.4) is 0 Å². The Bertz CT molecular complexity index is 306. The minimum atomic E-state index is -0.910. The molecule has 0 aromatic heterocycles. The summed E-state index contributed by atoms with van der Waals surface area (Å²) in [6.45, 7) is 7.29. The lowest BCUT2D eigenvalue weighted by molar-refractivity contribution is -0.141. The lowest BCUT2D eigenvalue weighted by atomic mass is 9.94. The number of aliphatic carboxylic acids is 2. The normalized spacial score (nSPS) is 29.2. The summed E-state index contributed by atoms with van der Waals surface area (Å²) < 4.78 is 0. The first kappa shape index (κ1) is 11.8. The molecule has 0 saturated heterocycles. The number of allylic oxidation sites excluding steroid dienone is 1. The molecule has 1 aliphatic rings. The molecule has 15 heavy (non-hydrogen) atoms. The van der Waals surface area contributed by atoms with Gasteiger partial charge in [-0.3, -0.25) is 9.59 Å². The van der Waals surface area contributed by atoms with Crippen LogP contribution >= 0.6 is 0 Å². The lowest BCUT2D eigenvalue weighted by Crippen LogP contribution is -2.11. The molecule has 4 heteroatoms. The third kappa shape index (κ3) is 2.03. The van der Waals surface area contributed by atoms with Crippen LogP contribution in [0.25, 0.3) is 0 Å². The van der Waals surface area contributed by atoms with Gasteiger partial charge in [0.25, 0.3) is 0 Å². The Balaban J connectivity index is 2.76. The van der Waals surface area contributed by atoms with E-state index in [1.807, 2.05) is 13.8 Å². The Kier molecular flexibility index (Phi) is 2.88. The molecule has 1 fully saturated rings. The minimum Gasteiger partial charge on any atom is -0.481 e. The average molecular weight is 212 g/mol. The van der Waals surface area contributed by atoms with Crippen LogP contribution in [0.2, 0.25) is 0 Å². The summed E-state index contributed by atoms with van der Waals surface area (Å²) in [6, 6.07) is 0. The molecular weight excluding hydrogens is 196 g/mol. The molecule has 0 radical (unpaired) electrons. The molecule has 1 saturated carbocycles. The zero-order valence-corrected chi connectivity index (χ0v) is 8.93. The van der Waals surface area contributed by atoms with E-state index in [9.17, 15) is 9.59 Å². The second kappa shape index (κ2) is 3.68. The molecular formula is C11H16O4. The van der Waals surface area contributed by atoms with Crippen LogP contribution in [-0.4, -0.2) is 22.2 Å². The van der Waals surface area contributed by atoms with E-state index in [0.29, 0.717) is 0 Å². The van der Waals surface area contributed by atoms with Crippen LogP contribution < -0.4 is 0 Å². The number of carboxylic acid groups (broad SMARTS) is 2. The quantitative estimate of drug-likeness (QED) is 0.679. The predicted molar refractivity (Wildman–Crippen MR) is 54.3 cm³/mol. The molecule has 0 aliphatic heterocycles. The third-order valence-corrected chi connectivity index (χ3v) is 3.35. The number of hydrogen-bond donors (Lipinski definition) is 2. The van der Waals surface area contributed by atoms with E-state index < -0.39 is 17.9 Å². The molecule has 0 amide bonds. The van der Waals surface area contributed by atoms with Crippen molar-refractivity contribution in [3.63, 3.8) is 0 Å². The standard InChI is InChI=1S/C11H16O4/c1-4-6(5-7(12)13)8-9(10(14)15)11(8,2)3/h4,6,8-9H,1,5H2,2-3H3,(H,12,13)(H,14,15)/t6?,8-,9-/m1/s1. The summed E-state index contributed by atoms with van der Waals surface area (Å²) >= 11 is 0. The first-order valence-corrected chi connectivity index (χ1v) is 4.89. The smallest absolute Gasteiger partial charge is 0.307 e. The van der Waals surface area contributed by atoms with Crippen LogP contribution in [0.15, 0.2) is 12.7 Å². The van der Waals surface area contributed by atoms with E-state index in [4.69, 9.17) is 10.2 Å². The van der Waals surface area contributed by atoms with Gasteiger partial charge in [0.05, 0.1) is 12.3 Å². The highest BCUT2D eigenvalue weighted by Gasteiger charge is 2.64. The van der Waals surface area contributed by atoms with Gasteiger partial charge in [-0.15, -0.1) is 6.58 Å². The molecule has 1 aliphatic carbocycles. The van der Waals surface area contributed by atoms with Crippen molar-refractivity contribution < 1.29 is 19.8 Å². The molecule has 1 unspecified atom stereocenters. The fraction of sp³-hybridized carbons (Fsp3) is 0.636. The Labute approximate surface area is 88.6 Å². The van der Waals surface area contributed by atoms with Gasteiger partial charge in [-0.05, 0) is 17.3 Å². The minimum absolute atomic E-state index is 0.0403. The van der Waals surface area contributed by atoms with E-state index in [-0.39, 0.29) is 23.7 Å². The SMILES string of the molecule is C=CC(CC(=O)O)[C@@H]1[C@H](C(=O)O)C1(C)C. The highest BCUT2D eigenvalue weighted by molar-refractivity contribution is 5.76. The fourth-order valence-corrected chi connectivity index (χ4v) is 2.51. The molecule has 2 N–H and O–H groups in total. The van der Waals surface area contributed by atoms with Crippen LogP contribution in [0.4, 0.5) is 0 Å². The topological polar surface area (TPSA) is 74.6 Å². The van der Waals surface area contributed by atoms with E-state index in [2.05, 4.69) is 6.58 Å². The highest BCUT2D eigenvalue weighted by Crippen LogP contribution is 2.62. The zero-order chi connectivity index (χ0) is 11.8. The van der Waals surface area contributed by atoms with Gasteiger partial charge in [0, 0.05) is 0 Å². The first-order valence-electron chi connectivity index (χ1n) is 4.89. The van der Waals surface area contributed by atoms with E-state index >= 15 is 0 Å². The molecule has 0 aromatic carbocycles. The maximum atomic E-state index is 10.9. The Morgan fingerprint density at radius 1 is 1.47 bits per heavy atom. The summed E-state index contributed by atoms with van der Waals surface area (Å²) in [5, 5.41) is 17.6. The van der Waals surface area contributed by atoms with Gasteiger partial charge >= 0.3 is 11.9 Å². The van der Waals surface area contributed by atoms with Gasteiger partial charge in [-0.2, -0.15) is 0 Å². The third-order valence-electron chi connectivity index (χ3n) is 3.35. The van der Waals surface area contributed by atoms with Crippen molar-refractivity contribution in [1.29, 1.82) is 0 Å². The summed E-state index contributed by atoms with van der Waals surface area (Å²) in [7, 11) is 0. The van der Waals surface area contributed by atoms with E-state index in [1.54, 1.807) is 6.08 Å². The summed E-state index contributed by atoms with van der Waals surface area (Å²) in [4.78, 5) is 21.5. The first-order chi connectivity index (χ1) is 6.82. The van der Waals surface area contributed by atoms with Gasteiger partial charge in [-0.1, -0.05) is 19.9 Å². The van der Waals surface area contributed by atoms with Crippen LogP contribution in [-0.2, 0) is 9.59 Å². The Hall–Kier alpha value is -1.32. The van der Waals surface area contributed by atoms with Crippen molar-refractivity contribution in [1.82, 2.24) is 0 Å². The maximum Gasteiger partial charge on any atom is 0.307 e. The van der Waals surface area contributed by atoms with Gasteiger partial charge in [0.15, 0.2) is 0 Å². The maximum absolute atomic E-state index is 10.9. The fourth-order valence-electron chi connectivity index (χ4n) is 2.51. The lowest BCUT2D eigenvalue weighted by Gasteiger charge is -2.10. The Morgan fingerprint density at radius 2 is 2.00 bits per heavy atom. The molecule has 4 nitrogen and oxygen atoms in total. The summed E-state index contributed by atoms with van der Waals surface area (Å²) in [5.74, 6) is -2.56. The number of carbonyl (C=O) groups is 2. The van der Waals surface area contributed by atoms with Crippen LogP contribution in [0, 0.1) is 23.2 Å². The highest BCUT2D eigenvalue weighted by atomic mass is 16.4. The second-order valence-electron chi connectivity index (χ2n) is 4.66. The molecule has 1 rings (SSSR count). The molecule has 0 aromatic rings. The molecule has 3 atom stereocenters. The van der Waals surface area contributed by atoms with Crippen molar-refractivity contribution in [2.45, 2.75) is 20.3 Å². The zero-order valence-electron chi connectivity index (χ0n) is 8.93. The van der Waals surface area contributed by atoms with Gasteiger partial charge < -0.3 is 10.2 Å². The van der Waals surface area contributed by atoms with Gasteiger partial charge in [0.2, 0.25) is 0 Å².